The zero-order chi connectivity index (χ0) is 18.0. The predicted octanol–water partition coefficient (Wildman–Crippen LogP) is 4.94. The second-order valence-corrected chi connectivity index (χ2v) is 6.56. The van der Waals surface area contributed by atoms with E-state index in [0.717, 1.165) is 16.9 Å². The van der Waals surface area contributed by atoms with Gasteiger partial charge in [-0.2, -0.15) is 0 Å². The highest BCUT2D eigenvalue weighted by molar-refractivity contribution is 6.04. The molecule has 0 saturated heterocycles. The van der Waals surface area contributed by atoms with Crippen LogP contribution in [0.5, 0.6) is 5.75 Å². The SMILES string of the molecule is Cc1cccc2c(C(=O)O)cc(-c3cccc(OCC(C)C)c3)nc12. The highest BCUT2D eigenvalue weighted by atomic mass is 16.5. The predicted molar refractivity (Wildman–Crippen MR) is 99.2 cm³/mol. The van der Waals surface area contributed by atoms with Crippen molar-refractivity contribution in [1.29, 1.82) is 0 Å². The number of para-hydroxylation sites is 1. The third-order valence-corrected chi connectivity index (χ3v) is 3.98. The number of benzene rings is 2. The molecule has 0 bridgehead atoms. The molecule has 4 heteroatoms. The summed E-state index contributed by atoms with van der Waals surface area (Å²) in [5.41, 5.74) is 3.40. The van der Waals surface area contributed by atoms with Crippen LogP contribution in [0.4, 0.5) is 0 Å². The molecule has 0 fully saturated rings. The number of aromatic nitrogens is 1. The maximum Gasteiger partial charge on any atom is 0.336 e. The quantitative estimate of drug-likeness (QED) is 0.717. The highest BCUT2D eigenvalue weighted by Gasteiger charge is 2.14. The minimum atomic E-state index is -0.952. The summed E-state index contributed by atoms with van der Waals surface area (Å²) in [6.45, 7) is 6.76. The average Bonchev–Trinajstić information content (AvgIpc) is 2.59. The maximum atomic E-state index is 11.7. The van der Waals surface area contributed by atoms with Gasteiger partial charge in [0.2, 0.25) is 0 Å². The Labute approximate surface area is 147 Å². The minimum Gasteiger partial charge on any atom is -0.493 e. The van der Waals surface area contributed by atoms with E-state index >= 15 is 0 Å². The Balaban J connectivity index is 2.11. The topological polar surface area (TPSA) is 59.4 Å². The van der Waals surface area contributed by atoms with Crippen LogP contribution >= 0.6 is 0 Å². The van der Waals surface area contributed by atoms with Crippen molar-refractivity contribution in [2.75, 3.05) is 6.61 Å². The summed E-state index contributed by atoms with van der Waals surface area (Å²) in [7, 11) is 0. The van der Waals surface area contributed by atoms with Gasteiger partial charge in [-0.05, 0) is 36.6 Å². The second-order valence-electron chi connectivity index (χ2n) is 6.56. The Hall–Kier alpha value is -2.88. The third-order valence-electron chi connectivity index (χ3n) is 3.98. The van der Waals surface area contributed by atoms with Crippen LogP contribution in [0.2, 0.25) is 0 Å². The molecule has 0 radical (unpaired) electrons. The molecule has 1 N–H and O–H groups in total. The van der Waals surface area contributed by atoms with Crippen molar-refractivity contribution in [3.05, 3.63) is 59.7 Å². The molecule has 1 aromatic heterocycles. The van der Waals surface area contributed by atoms with Gasteiger partial charge in [0.15, 0.2) is 0 Å². The Morgan fingerprint density at radius 1 is 1.16 bits per heavy atom. The van der Waals surface area contributed by atoms with Gasteiger partial charge >= 0.3 is 5.97 Å². The number of pyridine rings is 1. The first-order valence-corrected chi connectivity index (χ1v) is 8.32. The summed E-state index contributed by atoms with van der Waals surface area (Å²) in [5.74, 6) is 0.241. The average molecular weight is 335 g/mol. The van der Waals surface area contributed by atoms with Crippen molar-refractivity contribution in [2.24, 2.45) is 5.92 Å². The lowest BCUT2D eigenvalue weighted by molar-refractivity contribution is 0.0699. The molecule has 0 aliphatic rings. The van der Waals surface area contributed by atoms with E-state index in [1.54, 1.807) is 12.1 Å². The molecule has 4 nitrogen and oxygen atoms in total. The number of carboxylic acid groups (broad SMARTS) is 1. The number of hydrogen-bond donors (Lipinski definition) is 1. The molecule has 0 atom stereocenters. The van der Waals surface area contributed by atoms with E-state index in [1.165, 1.54) is 0 Å². The Kier molecular flexibility index (Phi) is 4.70. The molecule has 3 aromatic rings. The smallest absolute Gasteiger partial charge is 0.336 e. The summed E-state index contributed by atoms with van der Waals surface area (Å²) in [5, 5.41) is 10.2. The second kappa shape index (κ2) is 6.93. The molecule has 0 amide bonds. The van der Waals surface area contributed by atoms with Crippen molar-refractivity contribution in [2.45, 2.75) is 20.8 Å². The number of hydrogen-bond acceptors (Lipinski definition) is 3. The molecule has 0 saturated carbocycles. The highest BCUT2D eigenvalue weighted by Crippen LogP contribution is 2.28. The van der Waals surface area contributed by atoms with Gasteiger partial charge < -0.3 is 9.84 Å². The van der Waals surface area contributed by atoms with Gasteiger partial charge in [-0.25, -0.2) is 9.78 Å². The fourth-order valence-corrected chi connectivity index (χ4v) is 2.72. The van der Waals surface area contributed by atoms with E-state index in [9.17, 15) is 9.90 Å². The lowest BCUT2D eigenvalue weighted by Gasteiger charge is -2.11. The van der Waals surface area contributed by atoms with Gasteiger partial charge in [0.25, 0.3) is 0 Å². The van der Waals surface area contributed by atoms with Crippen molar-refractivity contribution < 1.29 is 14.6 Å². The number of fused-ring (bicyclic) bond motifs is 1. The first kappa shape index (κ1) is 17.0. The molecule has 25 heavy (non-hydrogen) atoms. The number of carboxylic acids is 1. The van der Waals surface area contributed by atoms with Gasteiger partial charge in [0.1, 0.15) is 5.75 Å². The van der Waals surface area contributed by atoms with Crippen LogP contribution in [0.3, 0.4) is 0 Å². The number of ether oxygens (including phenoxy) is 1. The summed E-state index contributed by atoms with van der Waals surface area (Å²) in [6, 6.07) is 14.8. The number of aryl methyl sites for hydroxylation is 1. The van der Waals surface area contributed by atoms with Crippen molar-refractivity contribution in [1.82, 2.24) is 4.98 Å². The van der Waals surface area contributed by atoms with E-state index in [2.05, 4.69) is 13.8 Å². The van der Waals surface area contributed by atoms with Crippen LogP contribution in [0.25, 0.3) is 22.2 Å². The van der Waals surface area contributed by atoms with Crippen LogP contribution < -0.4 is 4.74 Å². The van der Waals surface area contributed by atoms with Crippen LogP contribution in [0.15, 0.2) is 48.5 Å². The van der Waals surface area contributed by atoms with E-state index in [1.807, 2.05) is 43.3 Å². The number of rotatable bonds is 5. The minimum absolute atomic E-state index is 0.261. The normalized spacial score (nSPS) is 11.0. The number of aromatic carboxylic acids is 1. The Bertz CT molecular complexity index is 932. The van der Waals surface area contributed by atoms with E-state index in [0.29, 0.717) is 29.1 Å². The standard InChI is InChI=1S/C21H21NO3/c1-13(2)12-25-16-8-5-7-15(10-16)19-11-18(21(23)24)17-9-4-6-14(3)20(17)22-19/h4-11,13H,12H2,1-3H3,(H,23,24). The maximum absolute atomic E-state index is 11.7. The molecule has 0 unspecified atom stereocenters. The molecular formula is C21H21NO3. The summed E-state index contributed by atoms with van der Waals surface area (Å²) >= 11 is 0. The van der Waals surface area contributed by atoms with Gasteiger partial charge in [-0.1, -0.05) is 44.2 Å². The van der Waals surface area contributed by atoms with Gasteiger partial charge in [-0.15, -0.1) is 0 Å². The van der Waals surface area contributed by atoms with Crippen LogP contribution in [0, 0.1) is 12.8 Å². The lowest BCUT2D eigenvalue weighted by Crippen LogP contribution is -2.04. The van der Waals surface area contributed by atoms with E-state index in [4.69, 9.17) is 9.72 Å². The molecule has 0 aliphatic carbocycles. The molecule has 2 aromatic carbocycles. The zero-order valence-electron chi connectivity index (χ0n) is 14.6. The van der Waals surface area contributed by atoms with Crippen LogP contribution in [-0.4, -0.2) is 22.7 Å². The first-order chi connectivity index (χ1) is 12.0. The van der Waals surface area contributed by atoms with E-state index < -0.39 is 5.97 Å². The molecule has 0 aliphatic heterocycles. The molecule has 3 rings (SSSR count). The van der Waals surface area contributed by atoms with Crippen molar-refractivity contribution in [3.63, 3.8) is 0 Å². The number of carbonyl (C=O) groups is 1. The van der Waals surface area contributed by atoms with Gasteiger partial charge in [0.05, 0.1) is 23.4 Å². The fourth-order valence-electron chi connectivity index (χ4n) is 2.72. The summed E-state index contributed by atoms with van der Waals surface area (Å²) in [4.78, 5) is 16.4. The monoisotopic (exact) mass is 335 g/mol. The summed E-state index contributed by atoms with van der Waals surface area (Å²) < 4.78 is 5.77. The Morgan fingerprint density at radius 2 is 1.92 bits per heavy atom. The van der Waals surface area contributed by atoms with Crippen molar-refractivity contribution >= 4 is 16.9 Å². The largest absolute Gasteiger partial charge is 0.493 e. The third kappa shape index (κ3) is 3.63. The summed E-state index contributed by atoms with van der Waals surface area (Å²) in [6.07, 6.45) is 0. The van der Waals surface area contributed by atoms with Crippen LogP contribution in [-0.2, 0) is 0 Å². The van der Waals surface area contributed by atoms with Gasteiger partial charge in [-0.3, -0.25) is 0 Å². The van der Waals surface area contributed by atoms with Crippen molar-refractivity contribution in [3.8, 4) is 17.0 Å². The molecule has 0 spiro atoms. The Morgan fingerprint density at radius 3 is 2.64 bits per heavy atom. The van der Waals surface area contributed by atoms with Gasteiger partial charge in [0, 0.05) is 10.9 Å². The number of nitrogens with zero attached hydrogens (tertiary/aromatic N) is 1. The molecule has 128 valence electrons. The lowest BCUT2D eigenvalue weighted by atomic mass is 10.0. The first-order valence-electron chi connectivity index (χ1n) is 8.32. The van der Waals surface area contributed by atoms with E-state index in [-0.39, 0.29) is 5.56 Å². The fraction of sp³-hybridized carbons (Fsp3) is 0.238. The molecular weight excluding hydrogens is 314 g/mol. The van der Waals surface area contributed by atoms with Crippen LogP contribution in [0.1, 0.15) is 29.8 Å². The molecule has 1 heterocycles. The zero-order valence-corrected chi connectivity index (χ0v) is 14.6.